The first kappa shape index (κ1) is 9.43. The fraction of sp³-hybridized carbons (Fsp3) is 0.400. The molecule has 0 unspecified atom stereocenters. The summed E-state index contributed by atoms with van der Waals surface area (Å²) in [5.74, 6) is -0.223. The predicted molar refractivity (Wildman–Crippen MR) is 52.4 cm³/mol. The first-order valence-electron chi connectivity index (χ1n) is 4.70. The van der Waals surface area contributed by atoms with E-state index in [1.165, 1.54) is 6.07 Å². The van der Waals surface area contributed by atoms with Gasteiger partial charge in [0.1, 0.15) is 5.82 Å². The van der Waals surface area contributed by atoms with Crippen LogP contribution in [0.25, 0.3) is 0 Å². The number of rotatable bonds is 2. The van der Waals surface area contributed by atoms with Crippen LogP contribution in [0.5, 0.6) is 0 Å². The normalized spacial score (nSPS) is 18.1. The molecule has 1 aliphatic heterocycles. The Morgan fingerprint density at radius 2 is 1.93 bits per heavy atom. The van der Waals surface area contributed by atoms with Crippen LogP contribution in [0.2, 0.25) is 0 Å². The van der Waals surface area contributed by atoms with Gasteiger partial charge in [-0.25, -0.2) is 9.40 Å². The van der Waals surface area contributed by atoms with E-state index in [4.69, 9.17) is 4.74 Å². The van der Waals surface area contributed by atoms with E-state index < -0.39 is 0 Å². The number of anilines is 1. The minimum absolute atomic E-state index is 0.223. The van der Waals surface area contributed by atoms with Crippen LogP contribution in [-0.2, 0) is 4.74 Å². The third-order valence-corrected chi connectivity index (χ3v) is 2.16. The second kappa shape index (κ2) is 4.39. The van der Waals surface area contributed by atoms with Crippen LogP contribution in [0.1, 0.15) is 0 Å². The van der Waals surface area contributed by atoms with Crippen molar-refractivity contribution in [1.82, 2.24) is 5.01 Å². The fourth-order valence-corrected chi connectivity index (χ4v) is 1.40. The lowest BCUT2D eigenvalue weighted by Crippen LogP contribution is -2.40. The molecule has 1 aromatic rings. The monoisotopic (exact) mass is 196 g/mol. The Morgan fingerprint density at radius 1 is 1.21 bits per heavy atom. The molecular formula is C10H13FN2O. The molecule has 1 aliphatic rings. The molecule has 3 nitrogen and oxygen atoms in total. The summed E-state index contributed by atoms with van der Waals surface area (Å²) in [5.41, 5.74) is 3.55. The average molecular weight is 196 g/mol. The highest BCUT2D eigenvalue weighted by molar-refractivity contribution is 5.43. The molecule has 4 heteroatoms. The zero-order valence-electron chi connectivity index (χ0n) is 7.87. The number of hydrogen-bond acceptors (Lipinski definition) is 3. The summed E-state index contributed by atoms with van der Waals surface area (Å²) in [6.45, 7) is 2.96. The molecule has 1 fully saturated rings. The number of morpholine rings is 1. The lowest BCUT2D eigenvalue weighted by Gasteiger charge is -2.28. The van der Waals surface area contributed by atoms with Gasteiger partial charge in [-0.3, -0.25) is 0 Å². The molecule has 14 heavy (non-hydrogen) atoms. The molecule has 76 valence electrons. The topological polar surface area (TPSA) is 24.5 Å². The second-order valence-electron chi connectivity index (χ2n) is 3.19. The molecule has 0 amide bonds. The molecule has 0 spiro atoms. The molecule has 2 rings (SSSR count). The Morgan fingerprint density at radius 3 is 2.64 bits per heavy atom. The molecule has 0 radical (unpaired) electrons. The standard InChI is InChI=1S/C10H13FN2O/c11-9-3-1-2-4-10(9)12-13-5-7-14-8-6-13/h1-4,12H,5-8H2. The van der Waals surface area contributed by atoms with Crippen molar-refractivity contribution in [3.8, 4) is 0 Å². The van der Waals surface area contributed by atoms with E-state index >= 15 is 0 Å². The highest BCUT2D eigenvalue weighted by Gasteiger charge is 2.11. The number of nitrogens with one attached hydrogen (secondary N) is 1. The second-order valence-corrected chi connectivity index (χ2v) is 3.19. The minimum atomic E-state index is -0.223. The quantitative estimate of drug-likeness (QED) is 0.775. The molecule has 0 atom stereocenters. The molecule has 0 bridgehead atoms. The van der Waals surface area contributed by atoms with E-state index in [1.807, 2.05) is 11.1 Å². The zero-order valence-corrected chi connectivity index (χ0v) is 7.87. The summed E-state index contributed by atoms with van der Waals surface area (Å²) < 4.78 is 18.4. The van der Waals surface area contributed by atoms with Crippen molar-refractivity contribution in [2.75, 3.05) is 31.7 Å². The van der Waals surface area contributed by atoms with Crippen LogP contribution < -0.4 is 5.43 Å². The molecule has 1 saturated heterocycles. The van der Waals surface area contributed by atoms with Crippen molar-refractivity contribution in [3.05, 3.63) is 30.1 Å². The van der Waals surface area contributed by atoms with Crippen molar-refractivity contribution in [2.24, 2.45) is 0 Å². The van der Waals surface area contributed by atoms with E-state index in [0.717, 1.165) is 13.1 Å². The third-order valence-electron chi connectivity index (χ3n) is 2.16. The van der Waals surface area contributed by atoms with Crippen molar-refractivity contribution in [3.63, 3.8) is 0 Å². The summed E-state index contributed by atoms with van der Waals surface area (Å²) in [7, 11) is 0. The summed E-state index contributed by atoms with van der Waals surface area (Å²) in [4.78, 5) is 0. The first-order chi connectivity index (χ1) is 6.86. The summed E-state index contributed by atoms with van der Waals surface area (Å²) in [6.07, 6.45) is 0. The van der Waals surface area contributed by atoms with Gasteiger partial charge >= 0.3 is 0 Å². The van der Waals surface area contributed by atoms with E-state index in [-0.39, 0.29) is 5.82 Å². The van der Waals surface area contributed by atoms with Crippen molar-refractivity contribution in [2.45, 2.75) is 0 Å². The van der Waals surface area contributed by atoms with Crippen LogP contribution in [0.3, 0.4) is 0 Å². The maximum absolute atomic E-state index is 13.2. The summed E-state index contributed by atoms with van der Waals surface area (Å²) in [6, 6.07) is 6.67. The molecule has 0 saturated carbocycles. The Bertz CT molecular complexity index is 300. The SMILES string of the molecule is Fc1ccccc1NN1CCOCC1. The average Bonchev–Trinajstić information content (AvgIpc) is 2.23. The summed E-state index contributed by atoms with van der Waals surface area (Å²) in [5, 5.41) is 1.96. The largest absolute Gasteiger partial charge is 0.379 e. The number of halogens is 1. The fourth-order valence-electron chi connectivity index (χ4n) is 1.40. The van der Waals surface area contributed by atoms with Gasteiger partial charge in [0.25, 0.3) is 0 Å². The Labute approximate surface area is 82.4 Å². The van der Waals surface area contributed by atoms with Gasteiger partial charge in [0.2, 0.25) is 0 Å². The van der Waals surface area contributed by atoms with Gasteiger partial charge in [0.05, 0.1) is 18.9 Å². The van der Waals surface area contributed by atoms with Crippen molar-refractivity contribution in [1.29, 1.82) is 0 Å². The lowest BCUT2D eigenvalue weighted by atomic mass is 10.3. The molecule has 1 N–H and O–H groups in total. The van der Waals surface area contributed by atoms with Gasteiger partial charge in [0, 0.05) is 13.1 Å². The number of nitrogens with zero attached hydrogens (tertiary/aromatic N) is 1. The number of para-hydroxylation sites is 1. The lowest BCUT2D eigenvalue weighted by molar-refractivity contribution is 0.0495. The maximum atomic E-state index is 13.2. The number of ether oxygens (including phenoxy) is 1. The first-order valence-corrected chi connectivity index (χ1v) is 4.70. The van der Waals surface area contributed by atoms with Crippen LogP contribution in [0.15, 0.2) is 24.3 Å². The maximum Gasteiger partial charge on any atom is 0.147 e. The highest BCUT2D eigenvalue weighted by Crippen LogP contribution is 2.13. The van der Waals surface area contributed by atoms with Gasteiger partial charge in [0.15, 0.2) is 0 Å². The molecule has 1 aromatic carbocycles. The predicted octanol–water partition coefficient (Wildman–Crippen LogP) is 1.48. The van der Waals surface area contributed by atoms with Gasteiger partial charge in [-0.2, -0.15) is 0 Å². The van der Waals surface area contributed by atoms with Crippen molar-refractivity contribution >= 4 is 5.69 Å². The molecule has 0 aromatic heterocycles. The van der Waals surface area contributed by atoms with E-state index in [9.17, 15) is 4.39 Å². The van der Waals surface area contributed by atoms with Crippen LogP contribution in [0.4, 0.5) is 10.1 Å². The third kappa shape index (κ3) is 2.21. The zero-order chi connectivity index (χ0) is 9.80. The number of hydrogen-bond donors (Lipinski definition) is 1. The van der Waals surface area contributed by atoms with Crippen LogP contribution in [-0.4, -0.2) is 31.3 Å². The molecular weight excluding hydrogens is 183 g/mol. The van der Waals surface area contributed by atoms with E-state index in [2.05, 4.69) is 5.43 Å². The minimum Gasteiger partial charge on any atom is -0.379 e. The van der Waals surface area contributed by atoms with Crippen LogP contribution in [0, 0.1) is 5.82 Å². The van der Waals surface area contributed by atoms with Gasteiger partial charge in [-0.15, -0.1) is 0 Å². The van der Waals surface area contributed by atoms with Gasteiger partial charge < -0.3 is 10.2 Å². The Balaban J connectivity index is 1.99. The molecule has 1 heterocycles. The van der Waals surface area contributed by atoms with Crippen LogP contribution >= 0.6 is 0 Å². The number of benzene rings is 1. The van der Waals surface area contributed by atoms with Gasteiger partial charge in [-0.1, -0.05) is 12.1 Å². The Hall–Kier alpha value is -1.13. The molecule has 0 aliphatic carbocycles. The highest BCUT2D eigenvalue weighted by atomic mass is 19.1. The van der Waals surface area contributed by atoms with Crippen molar-refractivity contribution < 1.29 is 9.13 Å². The van der Waals surface area contributed by atoms with Gasteiger partial charge in [-0.05, 0) is 12.1 Å². The Kier molecular flexibility index (Phi) is 2.96. The van der Waals surface area contributed by atoms with E-state index in [1.54, 1.807) is 12.1 Å². The smallest absolute Gasteiger partial charge is 0.147 e. The number of hydrazine groups is 1. The van der Waals surface area contributed by atoms with E-state index in [0.29, 0.717) is 18.9 Å². The summed E-state index contributed by atoms with van der Waals surface area (Å²) >= 11 is 0.